The summed E-state index contributed by atoms with van der Waals surface area (Å²) < 4.78 is 12.7. The van der Waals surface area contributed by atoms with Gasteiger partial charge in [-0.2, -0.15) is 0 Å². The van der Waals surface area contributed by atoms with Crippen LogP contribution in [0, 0.1) is 0 Å². The monoisotopic (exact) mass is 524 g/mol. The number of hydrogen-bond donors (Lipinski definition) is 0. The van der Waals surface area contributed by atoms with Crippen molar-refractivity contribution in [2.24, 2.45) is 0 Å². The molecule has 0 aromatic heterocycles. The van der Waals surface area contributed by atoms with E-state index >= 15 is 0 Å². The molecule has 0 aliphatic heterocycles. The van der Waals surface area contributed by atoms with Crippen molar-refractivity contribution in [3.8, 4) is 5.75 Å². The molecule has 4 nitrogen and oxygen atoms in total. The van der Waals surface area contributed by atoms with Crippen LogP contribution in [-0.4, -0.2) is 37.4 Å². The molecule has 0 radical (unpaired) electrons. The summed E-state index contributed by atoms with van der Waals surface area (Å²) in [6.45, 7) is 5.45. The van der Waals surface area contributed by atoms with Gasteiger partial charge in [-0.3, -0.25) is 0 Å². The molecular formula is C34H54NO3+. The number of rotatable bonds is 21. The van der Waals surface area contributed by atoms with E-state index in [1.54, 1.807) is 0 Å². The van der Waals surface area contributed by atoms with E-state index in [1.807, 2.05) is 30.3 Å². The second-order valence-electron chi connectivity index (χ2n) is 11.5. The standard InChI is InChI=1S/C34H54NO3/c1-5-7-8-9-10-11-12-13-14-15-19-25-31-26-20-21-27-32(31)37-34(22-6-2)38-33(36)29-35(3,4)28-30-23-17-16-18-24-30/h16-18,20-21,23-24,26-27,34H,5-15,19,22,25,28-29H2,1-4H3/q+1. The number of esters is 1. The number of quaternary nitrogens is 1. The Morgan fingerprint density at radius 1 is 0.737 bits per heavy atom. The Balaban J connectivity index is 1.76. The zero-order valence-corrected chi connectivity index (χ0v) is 24.8. The Morgan fingerprint density at radius 2 is 1.32 bits per heavy atom. The molecule has 0 fully saturated rings. The van der Waals surface area contributed by atoms with E-state index in [9.17, 15) is 4.79 Å². The molecule has 0 saturated heterocycles. The van der Waals surface area contributed by atoms with Gasteiger partial charge in [-0.15, -0.1) is 0 Å². The molecule has 0 aliphatic carbocycles. The van der Waals surface area contributed by atoms with Crippen LogP contribution >= 0.6 is 0 Å². The highest BCUT2D eigenvalue weighted by atomic mass is 16.7. The lowest BCUT2D eigenvalue weighted by molar-refractivity contribution is -0.896. The average Bonchev–Trinajstić information content (AvgIpc) is 2.88. The first-order chi connectivity index (χ1) is 18.4. The lowest BCUT2D eigenvalue weighted by Gasteiger charge is -2.29. The van der Waals surface area contributed by atoms with Crippen LogP contribution in [0.5, 0.6) is 5.75 Å². The van der Waals surface area contributed by atoms with E-state index in [1.165, 1.54) is 81.8 Å². The lowest BCUT2D eigenvalue weighted by Crippen LogP contribution is -2.44. The number of para-hydroxylation sites is 1. The maximum absolute atomic E-state index is 12.9. The van der Waals surface area contributed by atoms with E-state index in [0.29, 0.717) is 17.4 Å². The molecule has 1 unspecified atom stereocenters. The number of carbonyl (C=O) groups excluding carboxylic acids is 1. The molecule has 2 aromatic rings. The highest BCUT2D eigenvalue weighted by Crippen LogP contribution is 2.24. The number of ether oxygens (including phenoxy) is 2. The average molecular weight is 525 g/mol. The molecule has 212 valence electrons. The molecule has 0 bridgehead atoms. The second-order valence-corrected chi connectivity index (χ2v) is 11.5. The van der Waals surface area contributed by atoms with E-state index in [-0.39, 0.29) is 5.97 Å². The fraction of sp³-hybridized carbons (Fsp3) is 0.618. The van der Waals surface area contributed by atoms with Crippen molar-refractivity contribution in [1.82, 2.24) is 0 Å². The normalized spacial score (nSPS) is 12.3. The van der Waals surface area contributed by atoms with Gasteiger partial charge in [-0.25, -0.2) is 4.79 Å². The highest BCUT2D eigenvalue weighted by molar-refractivity contribution is 5.70. The number of likely N-dealkylation sites (N-methyl/N-ethyl adjacent to an activating group) is 1. The summed E-state index contributed by atoms with van der Waals surface area (Å²) in [6, 6.07) is 18.5. The molecule has 4 heteroatoms. The number of carbonyl (C=O) groups is 1. The van der Waals surface area contributed by atoms with E-state index in [2.05, 4.69) is 52.2 Å². The maximum atomic E-state index is 12.9. The van der Waals surface area contributed by atoms with Gasteiger partial charge in [0.25, 0.3) is 0 Å². The van der Waals surface area contributed by atoms with Crippen molar-refractivity contribution in [3.05, 3.63) is 65.7 Å². The minimum absolute atomic E-state index is 0.216. The Hall–Kier alpha value is -2.33. The quantitative estimate of drug-likeness (QED) is 0.0708. The van der Waals surface area contributed by atoms with Crippen LogP contribution in [0.1, 0.15) is 108 Å². The molecule has 2 aromatic carbocycles. The van der Waals surface area contributed by atoms with Crippen molar-refractivity contribution in [1.29, 1.82) is 0 Å². The topological polar surface area (TPSA) is 35.5 Å². The highest BCUT2D eigenvalue weighted by Gasteiger charge is 2.25. The minimum atomic E-state index is -0.553. The van der Waals surface area contributed by atoms with Crippen LogP contribution in [0.25, 0.3) is 0 Å². The van der Waals surface area contributed by atoms with Crippen LogP contribution in [0.4, 0.5) is 0 Å². The third kappa shape index (κ3) is 14.0. The Morgan fingerprint density at radius 3 is 1.95 bits per heavy atom. The summed E-state index contributed by atoms with van der Waals surface area (Å²) in [5.41, 5.74) is 2.42. The Labute approximate surface area is 233 Å². The van der Waals surface area contributed by atoms with Gasteiger partial charge < -0.3 is 14.0 Å². The molecule has 38 heavy (non-hydrogen) atoms. The van der Waals surface area contributed by atoms with Gasteiger partial charge in [-0.1, -0.05) is 127 Å². The number of benzene rings is 2. The minimum Gasteiger partial charge on any atom is -0.454 e. The van der Waals surface area contributed by atoms with Crippen molar-refractivity contribution >= 4 is 5.97 Å². The fourth-order valence-corrected chi connectivity index (χ4v) is 4.99. The van der Waals surface area contributed by atoms with Crippen molar-refractivity contribution in [2.45, 2.75) is 117 Å². The molecule has 1 atom stereocenters. The zero-order valence-electron chi connectivity index (χ0n) is 24.8. The lowest BCUT2D eigenvalue weighted by atomic mass is 10.0. The summed E-state index contributed by atoms with van der Waals surface area (Å²) in [5, 5.41) is 0. The summed E-state index contributed by atoms with van der Waals surface area (Å²) in [7, 11) is 4.12. The maximum Gasteiger partial charge on any atom is 0.364 e. The molecular weight excluding hydrogens is 470 g/mol. The van der Waals surface area contributed by atoms with E-state index in [4.69, 9.17) is 9.47 Å². The predicted molar refractivity (Wildman–Crippen MR) is 159 cm³/mol. The largest absolute Gasteiger partial charge is 0.454 e. The Kier molecular flexibility index (Phi) is 15.8. The van der Waals surface area contributed by atoms with Crippen molar-refractivity contribution in [2.75, 3.05) is 20.6 Å². The third-order valence-corrected chi connectivity index (χ3v) is 7.08. The van der Waals surface area contributed by atoms with Gasteiger partial charge in [-0.05, 0) is 30.9 Å². The molecule has 0 heterocycles. The second kappa shape index (κ2) is 18.8. The van der Waals surface area contributed by atoms with Crippen LogP contribution < -0.4 is 4.74 Å². The first kappa shape index (κ1) is 31.9. The van der Waals surface area contributed by atoms with Crippen molar-refractivity contribution < 1.29 is 18.8 Å². The first-order valence-corrected chi connectivity index (χ1v) is 15.2. The third-order valence-electron chi connectivity index (χ3n) is 7.08. The van der Waals surface area contributed by atoms with Gasteiger partial charge in [0, 0.05) is 12.0 Å². The molecule has 0 amide bonds. The van der Waals surface area contributed by atoms with E-state index < -0.39 is 6.29 Å². The Bertz CT molecular complexity index is 880. The van der Waals surface area contributed by atoms with Crippen LogP contribution in [-0.2, 0) is 22.5 Å². The summed E-state index contributed by atoms with van der Waals surface area (Å²) in [5.74, 6) is 0.635. The summed E-state index contributed by atoms with van der Waals surface area (Å²) in [4.78, 5) is 12.9. The number of unbranched alkanes of at least 4 members (excludes halogenated alkanes) is 10. The van der Waals surface area contributed by atoms with Gasteiger partial charge >= 0.3 is 5.97 Å². The molecule has 0 N–H and O–H groups in total. The van der Waals surface area contributed by atoms with Gasteiger partial charge in [0.05, 0.1) is 14.1 Å². The first-order valence-electron chi connectivity index (χ1n) is 15.2. The van der Waals surface area contributed by atoms with Gasteiger partial charge in [0.2, 0.25) is 6.29 Å². The smallest absolute Gasteiger partial charge is 0.364 e. The van der Waals surface area contributed by atoms with Crippen LogP contribution in [0.3, 0.4) is 0 Å². The predicted octanol–water partition coefficient (Wildman–Crippen LogP) is 8.86. The molecule has 0 aliphatic rings. The summed E-state index contributed by atoms with van der Waals surface area (Å²) >= 11 is 0. The van der Waals surface area contributed by atoms with Gasteiger partial charge in [0.1, 0.15) is 12.3 Å². The number of hydrogen-bond acceptors (Lipinski definition) is 3. The zero-order chi connectivity index (χ0) is 27.5. The number of nitrogens with zero attached hydrogens (tertiary/aromatic N) is 1. The van der Waals surface area contributed by atoms with Crippen molar-refractivity contribution in [3.63, 3.8) is 0 Å². The molecule has 0 spiro atoms. The van der Waals surface area contributed by atoms with Crippen LogP contribution in [0.15, 0.2) is 54.6 Å². The van der Waals surface area contributed by atoms with Gasteiger partial charge in [0.15, 0.2) is 6.54 Å². The summed E-state index contributed by atoms with van der Waals surface area (Å²) in [6.07, 6.45) is 16.8. The number of aryl methyl sites for hydroxylation is 1. The molecule has 2 rings (SSSR count). The fourth-order valence-electron chi connectivity index (χ4n) is 4.99. The molecule has 0 saturated carbocycles. The van der Waals surface area contributed by atoms with E-state index in [0.717, 1.165) is 25.1 Å². The SMILES string of the molecule is CCCCCCCCCCCCCc1ccccc1OC(CCC)OC(=O)C[N+](C)(C)Cc1ccccc1. The van der Waals surface area contributed by atoms with Crippen LogP contribution in [0.2, 0.25) is 0 Å².